The van der Waals surface area contributed by atoms with Crippen molar-refractivity contribution in [2.45, 2.75) is 69.9 Å². The number of nitrogens with zero attached hydrogens (tertiary/aromatic N) is 1. The maximum Gasteiger partial charge on any atom is 0.459 e. The van der Waals surface area contributed by atoms with Crippen LogP contribution in [0, 0.1) is 0 Å². The van der Waals surface area contributed by atoms with Crippen LogP contribution in [0.1, 0.15) is 27.2 Å². The molecule has 1 saturated heterocycles. The van der Waals surface area contributed by atoms with Crippen LogP contribution in [-0.4, -0.2) is 76.9 Å². The first kappa shape index (κ1) is 31.6. The number of benzene rings is 2. The molecule has 0 spiro atoms. The SMILES string of the molecule is CC(C)OC(=O)[C@H](C)NP(=O)(OC[C@@]1(C(F)F)O[C@@H](N2C=CC(=O)CC2=O)[C@H](F)[C@@H]1O)Oc1cccc2ccccc12. The van der Waals surface area contributed by atoms with Gasteiger partial charge in [0.2, 0.25) is 5.91 Å². The molecule has 2 aliphatic rings. The number of halogens is 3. The number of ketones is 1. The van der Waals surface area contributed by atoms with E-state index in [1.54, 1.807) is 50.2 Å². The second kappa shape index (κ2) is 12.5. The van der Waals surface area contributed by atoms with E-state index in [2.05, 4.69) is 5.09 Å². The summed E-state index contributed by atoms with van der Waals surface area (Å²) in [6.45, 7) is 3.05. The minimum atomic E-state index is -4.79. The Morgan fingerprint density at radius 1 is 1.19 bits per heavy atom. The van der Waals surface area contributed by atoms with Gasteiger partial charge in [-0.05, 0) is 38.3 Å². The van der Waals surface area contributed by atoms with Gasteiger partial charge in [-0.2, -0.15) is 5.09 Å². The molecule has 1 amide bonds. The number of carbonyl (C=O) groups excluding carboxylic acids is 3. The second-order valence-electron chi connectivity index (χ2n) is 10.1. The van der Waals surface area contributed by atoms with Gasteiger partial charge >= 0.3 is 13.7 Å². The van der Waals surface area contributed by atoms with Crippen LogP contribution in [0.15, 0.2) is 54.7 Å². The van der Waals surface area contributed by atoms with E-state index in [4.69, 9.17) is 18.5 Å². The number of carbonyl (C=O) groups is 3. The van der Waals surface area contributed by atoms with E-state index in [-0.39, 0.29) is 5.75 Å². The highest BCUT2D eigenvalue weighted by Gasteiger charge is 2.63. The van der Waals surface area contributed by atoms with Crippen molar-refractivity contribution in [3.05, 3.63) is 54.7 Å². The van der Waals surface area contributed by atoms with E-state index in [9.17, 15) is 32.8 Å². The van der Waals surface area contributed by atoms with Gasteiger partial charge in [-0.3, -0.25) is 23.8 Å². The summed E-state index contributed by atoms with van der Waals surface area (Å²) in [7, 11) is -4.79. The van der Waals surface area contributed by atoms with E-state index in [0.29, 0.717) is 15.7 Å². The van der Waals surface area contributed by atoms with Crippen molar-refractivity contribution in [2.75, 3.05) is 6.61 Å². The van der Waals surface area contributed by atoms with Gasteiger partial charge in [0, 0.05) is 11.6 Å². The minimum absolute atomic E-state index is 0.00214. The topological polar surface area (TPSA) is 141 Å². The lowest BCUT2D eigenvalue weighted by Crippen LogP contribution is -2.52. The molecule has 0 aliphatic carbocycles. The Labute approximate surface area is 239 Å². The van der Waals surface area contributed by atoms with Gasteiger partial charge in [0.15, 0.2) is 23.8 Å². The van der Waals surface area contributed by atoms with Gasteiger partial charge in [-0.1, -0.05) is 36.4 Å². The summed E-state index contributed by atoms with van der Waals surface area (Å²) in [4.78, 5) is 36.9. The monoisotopic (exact) mass is 614 g/mol. The smallest absolute Gasteiger partial charge is 0.459 e. The lowest BCUT2D eigenvalue weighted by atomic mass is 9.97. The van der Waals surface area contributed by atoms with E-state index in [1.807, 2.05) is 0 Å². The number of rotatable bonds is 11. The first-order chi connectivity index (χ1) is 19.8. The predicted molar refractivity (Wildman–Crippen MR) is 142 cm³/mol. The third kappa shape index (κ3) is 6.52. The van der Waals surface area contributed by atoms with Crippen LogP contribution in [0.3, 0.4) is 0 Å². The molecular formula is C27H30F3N2O9P. The molecule has 0 bridgehead atoms. The van der Waals surface area contributed by atoms with Crippen molar-refractivity contribution >= 4 is 36.2 Å². The zero-order valence-electron chi connectivity index (χ0n) is 22.8. The molecule has 0 aromatic heterocycles. The second-order valence-corrected chi connectivity index (χ2v) is 11.8. The van der Waals surface area contributed by atoms with Crippen LogP contribution in [-0.2, 0) is 32.9 Å². The first-order valence-electron chi connectivity index (χ1n) is 13.0. The molecule has 6 atom stereocenters. The fraction of sp³-hybridized carbons (Fsp3) is 0.444. The molecule has 2 N–H and O–H groups in total. The van der Waals surface area contributed by atoms with E-state index >= 15 is 4.39 Å². The summed E-state index contributed by atoms with van der Waals surface area (Å²) >= 11 is 0. The van der Waals surface area contributed by atoms with E-state index < -0.39 is 81.1 Å². The quantitative estimate of drug-likeness (QED) is 0.219. The number of fused-ring (bicyclic) bond motifs is 1. The first-order valence-corrected chi connectivity index (χ1v) is 14.5. The predicted octanol–water partition coefficient (Wildman–Crippen LogP) is 3.65. The highest BCUT2D eigenvalue weighted by molar-refractivity contribution is 7.52. The maximum absolute atomic E-state index is 15.2. The number of ether oxygens (including phenoxy) is 2. The lowest BCUT2D eigenvalue weighted by Gasteiger charge is -2.33. The summed E-state index contributed by atoms with van der Waals surface area (Å²) < 4.78 is 79.7. The van der Waals surface area contributed by atoms with Crippen LogP contribution < -0.4 is 9.61 Å². The third-order valence-corrected chi connectivity index (χ3v) is 8.19. The van der Waals surface area contributed by atoms with Gasteiger partial charge in [0.05, 0.1) is 19.1 Å². The van der Waals surface area contributed by atoms with Crippen molar-refractivity contribution in [3.63, 3.8) is 0 Å². The molecule has 2 aromatic carbocycles. The number of aliphatic hydroxyl groups excluding tert-OH is 1. The molecule has 42 heavy (non-hydrogen) atoms. The number of esters is 1. The van der Waals surface area contributed by atoms with Gasteiger partial charge < -0.3 is 19.1 Å². The van der Waals surface area contributed by atoms with Crippen molar-refractivity contribution in [1.29, 1.82) is 0 Å². The van der Waals surface area contributed by atoms with Crippen molar-refractivity contribution in [2.24, 2.45) is 0 Å². The zero-order valence-corrected chi connectivity index (χ0v) is 23.7. The summed E-state index contributed by atoms with van der Waals surface area (Å²) in [5.41, 5.74) is -3.12. The van der Waals surface area contributed by atoms with Gasteiger partial charge in [-0.15, -0.1) is 0 Å². The van der Waals surface area contributed by atoms with Crippen molar-refractivity contribution in [3.8, 4) is 5.75 Å². The van der Waals surface area contributed by atoms with Crippen molar-refractivity contribution in [1.82, 2.24) is 9.99 Å². The normalized spacial score (nSPS) is 26.6. The summed E-state index contributed by atoms with van der Waals surface area (Å²) in [5.74, 6) is -2.37. The number of nitrogens with one attached hydrogen (secondary N) is 1. The van der Waals surface area contributed by atoms with Gasteiger partial charge in [0.1, 0.15) is 17.9 Å². The Bertz CT molecular complexity index is 1420. The Balaban J connectivity index is 1.65. The molecule has 15 heteroatoms. The van der Waals surface area contributed by atoms with Crippen molar-refractivity contribution < 1.29 is 55.7 Å². The highest BCUT2D eigenvalue weighted by Crippen LogP contribution is 2.50. The Morgan fingerprint density at radius 2 is 1.88 bits per heavy atom. The summed E-state index contributed by atoms with van der Waals surface area (Å²) in [5, 5.41) is 14.1. The fourth-order valence-corrected chi connectivity index (χ4v) is 5.99. The lowest BCUT2D eigenvalue weighted by molar-refractivity contribution is -0.199. The van der Waals surface area contributed by atoms with Gasteiger partial charge in [0.25, 0.3) is 6.43 Å². The molecule has 11 nitrogen and oxygen atoms in total. The van der Waals surface area contributed by atoms with E-state index in [0.717, 1.165) is 12.3 Å². The minimum Gasteiger partial charge on any atom is -0.462 e. The Kier molecular flexibility index (Phi) is 9.43. The highest BCUT2D eigenvalue weighted by atomic mass is 31.2. The number of aliphatic hydroxyl groups is 1. The van der Waals surface area contributed by atoms with Crippen LogP contribution in [0.4, 0.5) is 13.2 Å². The average Bonchev–Trinajstić information content (AvgIpc) is 3.18. The molecule has 228 valence electrons. The van der Waals surface area contributed by atoms with Crippen LogP contribution >= 0.6 is 7.75 Å². The molecule has 0 radical (unpaired) electrons. The zero-order chi connectivity index (χ0) is 30.8. The fourth-order valence-electron chi connectivity index (χ4n) is 4.44. The standard InChI is InChI=1S/C27H30F3N2O9P/c1-15(2)39-25(36)16(3)31-42(37,41-20-10-6-8-17-7-4-5-9-19(17)20)38-14-27(26(29)30)23(35)22(28)24(40-27)32-12-11-18(33)13-21(32)34/h4-12,15-16,22-24,26,35H,13-14H2,1-3H3,(H,31,37)/t16-,22+,23-,24+,27+,42?/m0/s1. The van der Waals surface area contributed by atoms with Crippen LogP contribution in [0.25, 0.3) is 10.8 Å². The number of hydrogen-bond donors (Lipinski definition) is 2. The molecule has 2 heterocycles. The van der Waals surface area contributed by atoms with Crippen LogP contribution in [0.5, 0.6) is 5.75 Å². The number of alkyl halides is 3. The summed E-state index contributed by atoms with van der Waals surface area (Å²) in [6, 6.07) is 10.2. The maximum atomic E-state index is 15.2. The molecule has 2 aliphatic heterocycles. The molecule has 1 fully saturated rings. The van der Waals surface area contributed by atoms with E-state index in [1.165, 1.54) is 13.0 Å². The molecule has 0 saturated carbocycles. The Morgan fingerprint density at radius 3 is 2.55 bits per heavy atom. The Hall–Kier alpha value is -3.29. The molecule has 2 aromatic rings. The summed E-state index contributed by atoms with van der Waals surface area (Å²) in [6.07, 6.45) is -10.2. The number of allylic oxidation sites excluding steroid dienone is 1. The number of amides is 1. The van der Waals surface area contributed by atoms with Crippen LogP contribution in [0.2, 0.25) is 0 Å². The third-order valence-electron chi connectivity index (χ3n) is 6.58. The number of hydrogen-bond acceptors (Lipinski definition) is 9. The average molecular weight is 615 g/mol. The molecular weight excluding hydrogens is 584 g/mol. The van der Waals surface area contributed by atoms with Gasteiger partial charge in [-0.25, -0.2) is 17.7 Å². The molecule has 1 unspecified atom stereocenters. The molecule has 4 rings (SSSR count). The largest absolute Gasteiger partial charge is 0.462 e.